The summed E-state index contributed by atoms with van der Waals surface area (Å²) >= 11 is 1.09. The molecule has 0 saturated carbocycles. The van der Waals surface area contributed by atoms with E-state index in [1.54, 1.807) is 62.0 Å². The fourth-order valence-corrected chi connectivity index (χ4v) is 3.44. The summed E-state index contributed by atoms with van der Waals surface area (Å²) in [5, 5.41) is 8.30. The SMILES string of the molecule is COc1ccc(N2C(=N)SC(=Cc3ccc(-c4cncnc4)o3)C2=O)cc1. The summed E-state index contributed by atoms with van der Waals surface area (Å²) in [4.78, 5) is 22.5. The molecule has 1 aliphatic rings. The van der Waals surface area contributed by atoms with E-state index in [0.29, 0.717) is 27.9 Å². The Morgan fingerprint density at radius 2 is 1.89 bits per heavy atom. The van der Waals surface area contributed by atoms with E-state index in [2.05, 4.69) is 9.97 Å². The van der Waals surface area contributed by atoms with Crippen molar-refractivity contribution in [1.82, 2.24) is 9.97 Å². The molecule has 0 unspecified atom stereocenters. The van der Waals surface area contributed by atoms with Crippen LogP contribution in [0.3, 0.4) is 0 Å². The maximum absolute atomic E-state index is 12.8. The van der Waals surface area contributed by atoms with Crippen molar-refractivity contribution in [2.75, 3.05) is 12.0 Å². The minimum absolute atomic E-state index is 0.139. The van der Waals surface area contributed by atoms with Crippen LogP contribution in [0.15, 0.2) is 64.4 Å². The predicted molar refractivity (Wildman–Crippen MR) is 104 cm³/mol. The number of benzene rings is 1. The van der Waals surface area contributed by atoms with Crippen molar-refractivity contribution in [2.45, 2.75) is 0 Å². The molecular weight excluding hydrogens is 364 g/mol. The van der Waals surface area contributed by atoms with Gasteiger partial charge in [-0.3, -0.25) is 15.1 Å². The van der Waals surface area contributed by atoms with Gasteiger partial charge >= 0.3 is 0 Å². The number of amidine groups is 1. The first-order chi connectivity index (χ1) is 13.2. The second-order valence-electron chi connectivity index (χ2n) is 5.58. The summed E-state index contributed by atoms with van der Waals surface area (Å²) < 4.78 is 10.9. The molecule has 3 aromatic rings. The van der Waals surface area contributed by atoms with Gasteiger partial charge in [-0.15, -0.1) is 0 Å². The second kappa shape index (κ2) is 7.08. The van der Waals surface area contributed by atoms with Crippen molar-refractivity contribution in [3.8, 4) is 17.1 Å². The number of carbonyl (C=O) groups excluding carboxylic acids is 1. The third-order valence-electron chi connectivity index (χ3n) is 3.90. The van der Waals surface area contributed by atoms with Gasteiger partial charge in [-0.2, -0.15) is 0 Å². The molecule has 1 saturated heterocycles. The first-order valence-corrected chi connectivity index (χ1v) is 8.79. The lowest BCUT2D eigenvalue weighted by atomic mass is 10.2. The van der Waals surface area contributed by atoms with Gasteiger partial charge in [-0.25, -0.2) is 9.97 Å². The molecule has 27 heavy (non-hydrogen) atoms. The highest BCUT2D eigenvalue weighted by molar-refractivity contribution is 8.19. The van der Waals surface area contributed by atoms with Gasteiger partial charge < -0.3 is 9.15 Å². The second-order valence-corrected chi connectivity index (χ2v) is 6.61. The van der Waals surface area contributed by atoms with Gasteiger partial charge in [0.1, 0.15) is 23.6 Å². The number of ether oxygens (including phenoxy) is 1. The van der Waals surface area contributed by atoms with Crippen molar-refractivity contribution in [1.29, 1.82) is 5.41 Å². The molecule has 0 aliphatic carbocycles. The number of rotatable bonds is 4. The van der Waals surface area contributed by atoms with Crippen LogP contribution in [0.4, 0.5) is 5.69 Å². The summed E-state index contributed by atoms with van der Waals surface area (Å²) in [6.07, 6.45) is 6.39. The Kier molecular flexibility index (Phi) is 4.47. The molecule has 7 nitrogen and oxygen atoms in total. The van der Waals surface area contributed by atoms with Crippen LogP contribution in [0.1, 0.15) is 5.76 Å². The molecule has 3 heterocycles. The molecule has 1 N–H and O–H groups in total. The van der Waals surface area contributed by atoms with E-state index < -0.39 is 0 Å². The molecule has 1 amide bonds. The molecule has 0 atom stereocenters. The molecular formula is C19H14N4O3S. The van der Waals surface area contributed by atoms with E-state index in [1.807, 2.05) is 0 Å². The summed E-state index contributed by atoms with van der Waals surface area (Å²) in [5.74, 6) is 1.55. The standard InChI is InChI=1S/C19H14N4O3S/c1-25-14-4-2-13(3-5-14)23-18(24)17(27-19(23)20)8-15-6-7-16(26-15)12-9-21-11-22-10-12/h2-11,20H,1H3. The number of amides is 1. The van der Waals surface area contributed by atoms with Crippen LogP contribution in [0.5, 0.6) is 5.75 Å². The number of methoxy groups -OCH3 is 1. The molecule has 1 aliphatic heterocycles. The van der Waals surface area contributed by atoms with Crippen molar-refractivity contribution >= 4 is 34.6 Å². The van der Waals surface area contributed by atoms with Crippen molar-refractivity contribution in [3.63, 3.8) is 0 Å². The van der Waals surface area contributed by atoms with Gasteiger partial charge in [0, 0.05) is 18.5 Å². The Hall–Kier alpha value is -3.39. The van der Waals surface area contributed by atoms with E-state index in [4.69, 9.17) is 14.6 Å². The van der Waals surface area contributed by atoms with Crippen LogP contribution in [0, 0.1) is 5.41 Å². The van der Waals surface area contributed by atoms with E-state index in [9.17, 15) is 4.79 Å². The normalized spacial score (nSPS) is 15.6. The molecule has 0 radical (unpaired) electrons. The van der Waals surface area contributed by atoms with Crippen LogP contribution in [0.25, 0.3) is 17.4 Å². The van der Waals surface area contributed by atoms with Crippen LogP contribution < -0.4 is 9.64 Å². The summed E-state index contributed by atoms with van der Waals surface area (Å²) in [5.41, 5.74) is 1.36. The zero-order chi connectivity index (χ0) is 18.8. The third kappa shape index (κ3) is 3.34. The highest BCUT2D eigenvalue weighted by Crippen LogP contribution is 2.36. The Morgan fingerprint density at radius 1 is 1.15 bits per heavy atom. The van der Waals surface area contributed by atoms with Gasteiger partial charge in [0.15, 0.2) is 5.17 Å². The molecule has 8 heteroatoms. The fraction of sp³-hybridized carbons (Fsp3) is 0.0526. The van der Waals surface area contributed by atoms with E-state index in [-0.39, 0.29) is 11.1 Å². The molecule has 4 rings (SSSR count). The van der Waals surface area contributed by atoms with Gasteiger partial charge in [0.05, 0.1) is 23.3 Å². The lowest BCUT2D eigenvalue weighted by Crippen LogP contribution is -2.27. The van der Waals surface area contributed by atoms with Crippen molar-refractivity contribution in [2.24, 2.45) is 0 Å². The van der Waals surface area contributed by atoms with Crippen LogP contribution in [0.2, 0.25) is 0 Å². The number of nitrogens with one attached hydrogen (secondary N) is 1. The molecule has 0 bridgehead atoms. The largest absolute Gasteiger partial charge is 0.497 e. The van der Waals surface area contributed by atoms with E-state index in [0.717, 1.165) is 17.3 Å². The Balaban J connectivity index is 1.59. The first-order valence-electron chi connectivity index (χ1n) is 7.97. The van der Waals surface area contributed by atoms with Gasteiger partial charge in [0.2, 0.25) is 0 Å². The zero-order valence-corrected chi connectivity index (χ0v) is 15.1. The topological polar surface area (TPSA) is 92.3 Å². The van der Waals surface area contributed by atoms with Crippen molar-refractivity contribution < 1.29 is 13.9 Å². The van der Waals surface area contributed by atoms with Gasteiger partial charge in [0.25, 0.3) is 5.91 Å². The smallest absolute Gasteiger partial charge is 0.271 e. The highest BCUT2D eigenvalue weighted by atomic mass is 32.2. The first kappa shape index (κ1) is 17.0. The number of hydrogen-bond acceptors (Lipinski definition) is 7. The average Bonchev–Trinajstić information content (AvgIpc) is 3.27. The molecule has 2 aromatic heterocycles. The van der Waals surface area contributed by atoms with E-state index in [1.165, 1.54) is 11.2 Å². The van der Waals surface area contributed by atoms with Crippen molar-refractivity contribution in [3.05, 3.63) is 65.8 Å². The molecule has 134 valence electrons. The minimum atomic E-state index is -0.267. The summed E-state index contributed by atoms with van der Waals surface area (Å²) in [6, 6.07) is 10.6. The Bertz CT molecular complexity index is 1030. The van der Waals surface area contributed by atoms with Crippen LogP contribution in [-0.4, -0.2) is 28.2 Å². The number of nitrogens with zero attached hydrogens (tertiary/aromatic N) is 3. The quantitative estimate of drug-likeness (QED) is 0.694. The number of aromatic nitrogens is 2. The summed E-state index contributed by atoms with van der Waals surface area (Å²) in [7, 11) is 1.58. The zero-order valence-electron chi connectivity index (χ0n) is 14.2. The van der Waals surface area contributed by atoms with E-state index >= 15 is 0 Å². The third-order valence-corrected chi connectivity index (χ3v) is 4.79. The Morgan fingerprint density at radius 3 is 2.59 bits per heavy atom. The average molecular weight is 378 g/mol. The number of carbonyl (C=O) groups is 1. The monoisotopic (exact) mass is 378 g/mol. The molecule has 1 fully saturated rings. The maximum Gasteiger partial charge on any atom is 0.271 e. The molecule has 0 spiro atoms. The number of hydrogen-bond donors (Lipinski definition) is 1. The predicted octanol–water partition coefficient (Wildman–Crippen LogP) is 3.80. The lowest BCUT2D eigenvalue weighted by Gasteiger charge is -2.14. The number of furan rings is 1. The number of thioether (sulfide) groups is 1. The molecule has 1 aromatic carbocycles. The van der Waals surface area contributed by atoms with Crippen LogP contribution >= 0.6 is 11.8 Å². The maximum atomic E-state index is 12.8. The Labute approximate surface area is 159 Å². The van der Waals surface area contributed by atoms with Crippen LogP contribution in [-0.2, 0) is 4.79 Å². The summed E-state index contributed by atoms with van der Waals surface area (Å²) in [6.45, 7) is 0. The van der Waals surface area contributed by atoms with Gasteiger partial charge in [-0.05, 0) is 48.2 Å². The van der Waals surface area contributed by atoms with Gasteiger partial charge in [-0.1, -0.05) is 0 Å². The highest BCUT2D eigenvalue weighted by Gasteiger charge is 2.33. The minimum Gasteiger partial charge on any atom is -0.497 e. The fourth-order valence-electron chi connectivity index (χ4n) is 2.59. The lowest BCUT2D eigenvalue weighted by molar-refractivity contribution is -0.113. The number of anilines is 1.